The lowest BCUT2D eigenvalue weighted by Crippen LogP contribution is -2.54. The number of aliphatic hydroxyl groups is 3. The molecule has 5 atom stereocenters. The van der Waals surface area contributed by atoms with Gasteiger partial charge in [0, 0.05) is 0 Å². The smallest absolute Gasteiger partial charge is 0.186 e. The van der Waals surface area contributed by atoms with Crippen molar-refractivity contribution in [3.8, 4) is 0 Å². The van der Waals surface area contributed by atoms with Crippen LogP contribution in [0.5, 0.6) is 0 Å². The van der Waals surface area contributed by atoms with Crippen LogP contribution in [0, 0.1) is 0 Å². The molecule has 0 aromatic rings. The Labute approximate surface area is 109 Å². The molecule has 0 bridgehead atoms. The van der Waals surface area contributed by atoms with Crippen molar-refractivity contribution in [1.29, 1.82) is 0 Å². The molecule has 5 nitrogen and oxygen atoms in total. The monoisotopic (exact) mass is 262 g/mol. The summed E-state index contributed by atoms with van der Waals surface area (Å²) in [4.78, 5) is 0. The first-order valence-corrected chi connectivity index (χ1v) is 6.91. The molecule has 108 valence electrons. The Kier molecular flexibility index (Phi) is 7.11. The van der Waals surface area contributed by atoms with Crippen LogP contribution in [0.1, 0.15) is 46.0 Å². The number of aliphatic hydroxyl groups excluding tert-OH is 3. The van der Waals surface area contributed by atoms with Crippen LogP contribution in [-0.2, 0) is 9.47 Å². The fourth-order valence-corrected chi connectivity index (χ4v) is 2.08. The first-order chi connectivity index (χ1) is 8.60. The van der Waals surface area contributed by atoms with E-state index >= 15 is 0 Å². The van der Waals surface area contributed by atoms with E-state index in [0.717, 1.165) is 32.1 Å². The van der Waals surface area contributed by atoms with Gasteiger partial charge < -0.3 is 24.8 Å². The van der Waals surface area contributed by atoms with E-state index < -0.39 is 24.6 Å². The van der Waals surface area contributed by atoms with Gasteiger partial charge >= 0.3 is 0 Å². The highest BCUT2D eigenvalue weighted by Gasteiger charge is 2.39. The zero-order valence-corrected chi connectivity index (χ0v) is 11.3. The molecule has 0 aliphatic carbocycles. The first kappa shape index (κ1) is 15.9. The SMILES string of the molecule is CCCCCC(CC)O[C@H]1OC[C@@H](O)[C@H](O)[C@H]1O. The van der Waals surface area contributed by atoms with Crippen molar-refractivity contribution in [3.63, 3.8) is 0 Å². The summed E-state index contributed by atoms with van der Waals surface area (Å²) >= 11 is 0. The van der Waals surface area contributed by atoms with Crippen molar-refractivity contribution in [3.05, 3.63) is 0 Å². The Hall–Kier alpha value is -0.200. The molecule has 0 amide bonds. The second-order valence-electron chi connectivity index (χ2n) is 4.91. The van der Waals surface area contributed by atoms with Crippen LogP contribution in [0.4, 0.5) is 0 Å². The molecule has 18 heavy (non-hydrogen) atoms. The van der Waals surface area contributed by atoms with Gasteiger partial charge in [-0.2, -0.15) is 0 Å². The van der Waals surface area contributed by atoms with Gasteiger partial charge in [0.25, 0.3) is 0 Å². The minimum atomic E-state index is -1.20. The second kappa shape index (κ2) is 8.07. The lowest BCUT2D eigenvalue weighted by atomic mass is 10.0. The number of hydrogen-bond acceptors (Lipinski definition) is 5. The Morgan fingerprint density at radius 2 is 1.89 bits per heavy atom. The molecular weight excluding hydrogens is 236 g/mol. The minimum Gasteiger partial charge on any atom is -0.388 e. The van der Waals surface area contributed by atoms with Crippen LogP contribution in [0.15, 0.2) is 0 Å². The standard InChI is InChI=1S/C13H26O5/c1-3-5-6-7-9(4-2)18-13-12(16)11(15)10(14)8-17-13/h9-16H,3-8H2,1-2H3/t9?,10-,11+,12-,13-/m1/s1. The van der Waals surface area contributed by atoms with Crippen molar-refractivity contribution in [1.82, 2.24) is 0 Å². The summed E-state index contributed by atoms with van der Waals surface area (Å²) in [5.41, 5.74) is 0. The van der Waals surface area contributed by atoms with Crippen LogP contribution in [0.3, 0.4) is 0 Å². The van der Waals surface area contributed by atoms with E-state index in [9.17, 15) is 15.3 Å². The summed E-state index contributed by atoms with van der Waals surface area (Å²) in [6.45, 7) is 4.17. The normalized spacial score (nSPS) is 34.5. The van der Waals surface area contributed by atoms with E-state index in [4.69, 9.17) is 9.47 Å². The van der Waals surface area contributed by atoms with Gasteiger partial charge in [-0.05, 0) is 12.8 Å². The fourth-order valence-electron chi connectivity index (χ4n) is 2.08. The van der Waals surface area contributed by atoms with E-state index in [0.29, 0.717) is 0 Å². The summed E-state index contributed by atoms with van der Waals surface area (Å²) in [7, 11) is 0. The largest absolute Gasteiger partial charge is 0.388 e. The zero-order chi connectivity index (χ0) is 13.5. The molecule has 0 spiro atoms. The summed E-state index contributed by atoms with van der Waals surface area (Å²) in [5, 5.41) is 28.7. The highest BCUT2D eigenvalue weighted by atomic mass is 16.7. The Morgan fingerprint density at radius 3 is 2.50 bits per heavy atom. The molecule has 1 aliphatic rings. The predicted molar refractivity (Wildman–Crippen MR) is 67.1 cm³/mol. The molecular formula is C13H26O5. The maximum Gasteiger partial charge on any atom is 0.186 e. The van der Waals surface area contributed by atoms with Gasteiger partial charge in [0.1, 0.15) is 18.3 Å². The van der Waals surface area contributed by atoms with Crippen molar-refractivity contribution >= 4 is 0 Å². The van der Waals surface area contributed by atoms with Crippen LogP contribution >= 0.6 is 0 Å². The Balaban J connectivity index is 2.39. The lowest BCUT2D eigenvalue weighted by Gasteiger charge is -2.36. The molecule has 5 heteroatoms. The van der Waals surface area contributed by atoms with E-state index in [2.05, 4.69) is 6.92 Å². The molecule has 0 aromatic heterocycles. The molecule has 0 saturated carbocycles. The van der Waals surface area contributed by atoms with Gasteiger partial charge in [0.15, 0.2) is 6.29 Å². The number of unbranched alkanes of at least 4 members (excludes halogenated alkanes) is 2. The third kappa shape index (κ3) is 4.48. The van der Waals surface area contributed by atoms with Gasteiger partial charge in [-0.1, -0.05) is 33.1 Å². The number of ether oxygens (including phenoxy) is 2. The maximum atomic E-state index is 9.76. The van der Waals surface area contributed by atoms with Gasteiger partial charge in [0.2, 0.25) is 0 Å². The fraction of sp³-hybridized carbons (Fsp3) is 1.00. The van der Waals surface area contributed by atoms with E-state index in [1.165, 1.54) is 0 Å². The second-order valence-corrected chi connectivity index (χ2v) is 4.91. The van der Waals surface area contributed by atoms with E-state index in [1.807, 2.05) is 6.92 Å². The zero-order valence-electron chi connectivity index (χ0n) is 11.3. The van der Waals surface area contributed by atoms with Gasteiger partial charge in [0.05, 0.1) is 12.7 Å². The number of rotatable bonds is 7. The summed E-state index contributed by atoms with van der Waals surface area (Å²) in [5.74, 6) is 0. The molecule has 0 aromatic carbocycles. The average Bonchev–Trinajstić information content (AvgIpc) is 2.38. The quantitative estimate of drug-likeness (QED) is 0.591. The maximum absolute atomic E-state index is 9.76. The molecule has 3 N–H and O–H groups in total. The highest BCUT2D eigenvalue weighted by Crippen LogP contribution is 2.20. The van der Waals surface area contributed by atoms with Gasteiger partial charge in [-0.3, -0.25) is 0 Å². The van der Waals surface area contributed by atoms with Gasteiger partial charge in [-0.15, -0.1) is 0 Å². The van der Waals surface area contributed by atoms with Crippen LogP contribution in [0.2, 0.25) is 0 Å². The van der Waals surface area contributed by atoms with Crippen molar-refractivity contribution in [2.75, 3.05) is 6.61 Å². The Morgan fingerprint density at radius 1 is 1.17 bits per heavy atom. The third-order valence-electron chi connectivity index (χ3n) is 3.37. The topological polar surface area (TPSA) is 79.2 Å². The molecule has 1 rings (SSSR count). The van der Waals surface area contributed by atoms with E-state index in [-0.39, 0.29) is 12.7 Å². The first-order valence-electron chi connectivity index (χ1n) is 6.91. The molecule has 1 unspecified atom stereocenters. The van der Waals surface area contributed by atoms with Gasteiger partial charge in [-0.25, -0.2) is 0 Å². The van der Waals surface area contributed by atoms with Crippen molar-refractivity contribution in [2.45, 2.75) is 76.7 Å². The highest BCUT2D eigenvalue weighted by molar-refractivity contribution is 4.83. The summed E-state index contributed by atoms with van der Waals surface area (Å²) < 4.78 is 10.9. The lowest BCUT2D eigenvalue weighted by molar-refractivity contribution is -0.283. The molecule has 1 saturated heterocycles. The van der Waals surface area contributed by atoms with Crippen molar-refractivity contribution in [2.24, 2.45) is 0 Å². The summed E-state index contributed by atoms with van der Waals surface area (Å²) in [6.07, 6.45) is 0.937. The third-order valence-corrected chi connectivity index (χ3v) is 3.37. The molecule has 1 fully saturated rings. The van der Waals surface area contributed by atoms with Crippen LogP contribution in [-0.4, -0.2) is 52.6 Å². The van der Waals surface area contributed by atoms with E-state index in [1.54, 1.807) is 0 Å². The average molecular weight is 262 g/mol. The number of hydrogen-bond donors (Lipinski definition) is 3. The molecule has 1 heterocycles. The van der Waals surface area contributed by atoms with Crippen molar-refractivity contribution < 1.29 is 24.8 Å². The summed E-state index contributed by atoms with van der Waals surface area (Å²) in [6, 6.07) is 0. The minimum absolute atomic E-state index is 0.00567. The predicted octanol–water partition coefficient (Wildman–Crippen LogP) is 0.801. The molecule has 1 aliphatic heterocycles. The van der Waals surface area contributed by atoms with Crippen LogP contribution < -0.4 is 0 Å². The van der Waals surface area contributed by atoms with Crippen LogP contribution in [0.25, 0.3) is 0 Å². The Bertz CT molecular complexity index is 223. The molecule has 0 radical (unpaired) electrons.